The molecule has 14 nitrogen and oxygen atoms in total. The van der Waals surface area contributed by atoms with E-state index in [4.69, 9.17) is 16.6 Å². The van der Waals surface area contributed by atoms with Gasteiger partial charge >= 0.3 is 5.97 Å². The first-order chi connectivity index (χ1) is 17.5. The van der Waals surface area contributed by atoms with Crippen molar-refractivity contribution in [3.8, 4) is 0 Å². The van der Waals surface area contributed by atoms with E-state index in [1.807, 2.05) is 0 Å². The van der Waals surface area contributed by atoms with Gasteiger partial charge in [0.25, 0.3) is 11.6 Å². The third-order valence-corrected chi connectivity index (χ3v) is 6.62. The normalized spacial score (nSPS) is 17.5. The second-order valence-corrected chi connectivity index (χ2v) is 9.35. The Morgan fingerprint density at radius 1 is 1.16 bits per heavy atom. The molecule has 0 aliphatic carbocycles. The summed E-state index contributed by atoms with van der Waals surface area (Å²) in [6.07, 6.45) is 0.555. The SMILES string of the molecule is NCCCCN1CC(=O)NC(C(N)=O)CSCc2ccc([N+](=O)[O-])cc2C(=O)N(CCC(=O)O)CC1=O. The molecule has 1 aromatic rings. The number of carbonyl (C=O) groups is 5. The van der Waals surface area contributed by atoms with Gasteiger partial charge in [-0.2, -0.15) is 11.8 Å². The van der Waals surface area contributed by atoms with Gasteiger partial charge in [-0.15, -0.1) is 0 Å². The molecular weight excluding hydrogens is 508 g/mol. The molecule has 2 rings (SSSR count). The Hall–Kier alpha value is -3.72. The van der Waals surface area contributed by atoms with Crippen molar-refractivity contribution >= 4 is 47.0 Å². The maximum Gasteiger partial charge on any atom is 0.305 e. The summed E-state index contributed by atoms with van der Waals surface area (Å²) >= 11 is 1.17. The molecule has 0 bridgehead atoms. The van der Waals surface area contributed by atoms with Gasteiger partial charge < -0.3 is 31.7 Å². The zero-order valence-corrected chi connectivity index (χ0v) is 20.9. The standard InChI is InChI=1S/C22H30N6O8S/c23-6-1-2-7-26-10-18(29)25-17(21(24)33)13-37-12-14-3-4-15(28(35)36)9-16(14)22(34)27(11-19(26)30)8-5-20(31)32/h3-4,9,17H,1-2,5-8,10-13,23H2,(H2,24,33)(H,25,29)(H,31,32). The highest BCUT2D eigenvalue weighted by molar-refractivity contribution is 7.98. The van der Waals surface area contributed by atoms with E-state index in [0.29, 0.717) is 24.9 Å². The van der Waals surface area contributed by atoms with Gasteiger partial charge in [0.1, 0.15) is 12.6 Å². The van der Waals surface area contributed by atoms with Crippen LogP contribution in [0.2, 0.25) is 0 Å². The molecule has 0 saturated heterocycles. The molecule has 15 heteroatoms. The number of carbonyl (C=O) groups excluding carboxylic acids is 4. The summed E-state index contributed by atoms with van der Waals surface area (Å²) in [6.45, 7) is -0.824. The van der Waals surface area contributed by atoms with Crippen LogP contribution in [-0.2, 0) is 24.9 Å². The summed E-state index contributed by atoms with van der Waals surface area (Å²) in [4.78, 5) is 75.4. The lowest BCUT2D eigenvalue weighted by molar-refractivity contribution is -0.384. The first kappa shape index (κ1) is 29.5. The lowest BCUT2D eigenvalue weighted by Gasteiger charge is -2.28. The Morgan fingerprint density at radius 3 is 2.51 bits per heavy atom. The van der Waals surface area contributed by atoms with Crippen molar-refractivity contribution in [1.82, 2.24) is 15.1 Å². The van der Waals surface area contributed by atoms with Crippen LogP contribution in [0.25, 0.3) is 0 Å². The maximum atomic E-state index is 13.5. The topological polar surface area (TPSA) is 219 Å². The maximum absolute atomic E-state index is 13.5. The second kappa shape index (κ2) is 14.1. The fourth-order valence-electron chi connectivity index (χ4n) is 3.55. The number of nitro groups is 1. The number of carboxylic acid groups (broad SMARTS) is 1. The third-order valence-electron chi connectivity index (χ3n) is 5.53. The van der Waals surface area contributed by atoms with Gasteiger partial charge in [0.05, 0.1) is 23.5 Å². The number of carboxylic acids is 1. The average Bonchev–Trinajstić information content (AvgIpc) is 2.84. The number of rotatable bonds is 9. The lowest BCUT2D eigenvalue weighted by Crippen LogP contribution is -2.52. The number of amides is 4. The van der Waals surface area contributed by atoms with Gasteiger partial charge in [-0.3, -0.25) is 34.1 Å². The molecule has 1 atom stereocenters. The molecule has 4 amide bonds. The van der Waals surface area contributed by atoms with E-state index < -0.39 is 60.1 Å². The summed E-state index contributed by atoms with van der Waals surface area (Å²) < 4.78 is 0. The number of thioether (sulfide) groups is 1. The molecule has 1 aliphatic rings. The first-order valence-electron chi connectivity index (χ1n) is 11.5. The van der Waals surface area contributed by atoms with Gasteiger partial charge in [0.2, 0.25) is 17.7 Å². The highest BCUT2D eigenvalue weighted by Crippen LogP contribution is 2.24. The van der Waals surface area contributed by atoms with Crippen molar-refractivity contribution in [3.05, 3.63) is 39.4 Å². The van der Waals surface area contributed by atoms with Crippen LogP contribution in [0.1, 0.15) is 35.2 Å². The molecule has 1 unspecified atom stereocenters. The van der Waals surface area contributed by atoms with Crippen molar-refractivity contribution in [2.24, 2.45) is 11.5 Å². The summed E-state index contributed by atoms with van der Waals surface area (Å²) in [5.41, 5.74) is 10.9. The minimum Gasteiger partial charge on any atom is -0.481 e. The van der Waals surface area contributed by atoms with Crippen LogP contribution in [0.5, 0.6) is 0 Å². The van der Waals surface area contributed by atoms with E-state index in [-0.39, 0.29) is 35.8 Å². The van der Waals surface area contributed by atoms with Gasteiger partial charge in [0.15, 0.2) is 0 Å². The molecule has 1 aromatic carbocycles. The van der Waals surface area contributed by atoms with E-state index in [0.717, 1.165) is 11.0 Å². The molecule has 1 aliphatic heterocycles. The minimum atomic E-state index is -1.20. The van der Waals surface area contributed by atoms with Crippen LogP contribution in [0.4, 0.5) is 5.69 Å². The molecule has 0 fully saturated rings. The number of nitrogens with two attached hydrogens (primary N) is 2. The highest BCUT2D eigenvalue weighted by atomic mass is 32.2. The van der Waals surface area contributed by atoms with Crippen LogP contribution < -0.4 is 16.8 Å². The number of nitrogens with one attached hydrogen (secondary N) is 1. The molecule has 0 spiro atoms. The number of aliphatic carboxylic acids is 1. The summed E-state index contributed by atoms with van der Waals surface area (Å²) in [5.74, 6) is -3.83. The molecule has 0 radical (unpaired) electrons. The number of hydrogen-bond acceptors (Lipinski definition) is 9. The highest BCUT2D eigenvalue weighted by Gasteiger charge is 2.28. The van der Waals surface area contributed by atoms with E-state index in [9.17, 15) is 34.1 Å². The number of non-ortho nitro benzene ring substituents is 1. The predicted molar refractivity (Wildman–Crippen MR) is 133 cm³/mol. The molecular formula is C22H30N6O8S. The zero-order chi connectivity index (χ0) is 27.5. The average molecular weight is 539 g/mol. The van der Waals surface area contributed by atoms with Gasteiger partial charge in [-0.1, -0.05) is 6.07 Å². The van der Waals surface area contributed by atoms with Crippen LogP contribution in [0.3, 0.4) is 0 Å². The summed E-state index contributed by atoms with van der Waals surface area (Å²) in [6, 6.07) is 2.63. The second-order valence-electron chi connectivity index (χ2n) is 8.32. The van der Waals surface area contributed by atoms with E-state index in [1.165, 1.54) is 28.8 Å². The Labute approximate surface area is 216 Å². The Bertz CT molecular complexity index is 1050. The lowest BCUT2D eigenvalue weighted by atomic mass is 10.1. The number of fused-ring (bicyclic) bond motifs is 1. The van der Waals surface area contributed by atoms with Crippen molar-refractivity contribution < 1.29 is 34.0 Å². The largest absolute Gasteiger partial charge is 0.481 e. The number of unbranched alkanes of at least 4 members (excludes halogenated alkanes) is 1. The molecule has 6 N–H and O–H groups in total. The van der Waals surface area contributed by atoms with Crippen molar-refractivity contribution in [1.29, 1.82) is 0 Å². The Balaban J connectivity index is 2.52. The monoisotopic (exact) mass is 538 g/mol. The molecule has 0 aromatic heterocycles. The van der Waals surface area contributed by atoms with Gasteiger partial charge in [-0.05, 0) is 24.9 Å². The number of benzene rings is 1. The summed E-state index contributed by atoms with van der Waals surface area (Å²) in [5, 5.41) is 23.0. The van der Waals surface area contributed by atoms with Gasteiger partial charge in [-0.25, -0.2) is 0 Å². The smallest absolute Gasteiger partial charge is 0.305 e. The third kappa shape index (κ3) is 9.02. The van der Waals surface area contributed by atoms with Crippen LogP contribution >= 0.6 is 11.8 Å². The van der Waals surface area contributed by atoms with Crippen LogP contribution in [0.15, 0.2) is 18.2 Å². The Morgan fingerprint density at radius 2 is 1.89 bits per heavy atom. The van der Waals surface area contributed by atoms with Crippen LogP contribution in [-0.4, -0.2) is 93.9 Å². The predicted octanol–water partition coefficient (Wildman–Crippen LogP) is -0.704. The Kier molecular flexibility index (Phi) is 11.3. The number of nitrogens with zero attached hydrogens (tertiary/aromatic N) is 3. The number of primary amides is 1. The summed E-state index contributed by atoms with van der Waals surface area (Å²) in [7, 11) is 0. The number of nitro benzene ring substituents is 1. The van der Waals surface area contributed by atoms with Crippen molar-refractivity contribution in [2.45, 2.75) is 31.1 Å². The molecule has 1 heterocycles. The van der Waals surface area contributed by atoms with E-state index in [2.05, 4.69) is 5.32 Å². The van der Waals surface area contributed by atoms with Crippen LogP contribution in [0, 0.1) is 10.1 Å². The fraction of sp³-hybridized carbons (Fsp3) is 0.500. The molecule has 202 valence electrons. The van der Waals surface area contributed by atoms with E-state index in [1.54, 1.807) is 0 Å². The van der Waals surface area contributed by atoms with E-state index >= 15 is 0 Å². The minimum absolute atomic E-state index is 0.0511. The zero-order valence-electron chi connectivity index (χ0n) is 20.1. The van der Waals surface area contributed by atoms with Crippen molar-refractivity contribution in [3.63, 3.8) is 0 Å². The first-order valence-corrected chi connectivity index (χ1v) is 12.6. The quantitative estimate of drug-likeness (QED) is 0.176. The molecule has 37 heavy (non-hydrogen) atoms. The number of hydrogen-bond donors (Lipinski definition) is 4. The van der Waals surface area contributed by atoms with Gasteiger partial charge in [0, 0.05) is 36.7 Å². The molecule has 0 saturated carbocycles. The van der Waals surface area contributed by atoms with Crippen molar-refractivity contribution in [2.75, 3.05) is 38.5 Å². The fourth-order valence-corrected chi connectivity index (χ4v) is 4.63.